The van der Waals surface area contributed by atoms with Gasteiger partial charge in [-0.15, -0.1) is 0 Å². The first-order chi connectivity index (χ1) is 7.29. The third-order valence-electron chi connectivity index (χ3n) is 2.49. The monoisotopic (exact) mass is 210 g/mol. The lowest BCUT2D eigenvalue weighted by molar-refractivity contribution is 0.620. The minimum absolute atomic E-state index is 0.736. The Bertz CT molecular complexity index is 269. The average molecular weight is 210 g/mol. The zero-order valence-corrected chi connectivity index (χ0v) is 9.82. The van der Waals surface area contributed by atoms with Gasteiger partial charge in [0.15, 0.2) is 0 Å². The first-order valence-electron chi connectivity index (χ1n) is 5.72. The Balaban J connectivity index is 2.54. The highest BCUT2D eigenvalue weighted by atomic mass is 15.3. The second-order valence-corrected chi connectivity index (χ2v) is 3.84. The van der Waals surface area contributed by atoms with Crippen molar-refractivity contribution in [3.8, 4) is 0 Å². The van der Waals surface area contributed by atoms with E-state index in [2.05, 4.69) is 28.4 Å². The number of hydrogen-bond acceptors (Lipinski definition) is 3. The molecule has 4 heteroatoms. The van der Waals surface area contributed by atoms with E-state index in [1.807, 2.05) is 12.4 Å². The molecule has 0 aliphatic heterocycles. The zero-order chi connectivity index (χ0) is 11.1. The summed E-state index contributed by atoms with van der Waals surface area (Å²) in [5, 5.41) is 0. The van der Waals surface area contributed by atoms with Gasteiger partial charge in [0.2, 0.25) is 5.95 Å². The van der Waals surface area contributed by atoms with Crippen molar-refractivity contribution in [3.05, 3.63) is 12.4 Å². The average Bonchev–Trinajstić information content (AvgIpc) is 2.71. The Morgan fingerprint density at radius 3 is 2.93 bits per heavy atom. The number of nitrogens with two attached hydrogens (primary N) is 1. The van der Waals surface area contributed by atoms with Gasteiger partial charge >= 0.3 is 0 Å². The summed E-state index contributed by atoms with van der Waals surface area (Å²) in [6.07, 6.45) is 7.34. The molecule has 15 heavy (non-hydrogen) atoms. The number of nitrogens with zero attached hydrogens (tertiary/aromatic N) is 3. The molecule has 4 nitrogen and oxygen atoms in total. The maximum Gasteiger partial charge on any atom is 0.205 e. The first-order valence-corrected chi connectivity index (χ1v) is 5.72. The molecule has 0 saturated heterocycles. The molecule has 0 unspecified atom stereocenters. The summed E-state index contributed by atoms with van der Waals surface area (Å²) >= 11 is 0. The van der Waals surface area contributed by atoms with Gasteiger partial charge < -0.3 is 15.2 Å². The fourth-order valence-corrected chi connectivity index (χ4v) is 1.57. The summed E-state index contributed by atoms with van der Waals surface area (Å²) in [6.45, 7) is 4.97. The van der Waals surface area contributed by atoms with Gasteiger partial charge in [0.1, 0.15) is 0 Å². The number of aromatic nitrogens is 2. The molecule has 0 bridgehead atoms. The first kappa shape index (κ1) is 12.0. The molecule has 0 aromatic carbocycles. The molecule has 0 spiro atoms. The molecule has 2 N–H and O–H groups in total. The predicted molar refractivity (Wildman–Crippen MR) is 64.1 cm³/mol. The number of rotatable bonds is 7. The smallest absolute Gasteiger partial charge is 0.205 e. The largest absolute Gasteiger partial charge is 0.345 e. The molecule has 0 amide bonds. The second-order valence-electron chi connectivity index (χ2n) is 3.84. The lowest BCUT2D eigenvalue weighted by Crippen LogP contribution is -2.24. The fraction of sp³-hybridized carbons (Fsp3) is 0.727. The van der Waals surface area contributed by atoms with E-state index in [-0.39, 0.29) is 0 Å². The van der Waals surface area contributed by atoms with Crippen LogP contribution in [-0.2, 0) is 6.54 Å². The summed E-state index contributed by atoms with van der Waals surface area (Å²) in [7, 11) is 2.07. The summed E-state index contributed by atoms with van der Waals surface area (Å²) in [5.74, 6) is 1.05. The maximum absolute atomic E-state index is 5.49. The Morgan fingerprint density at radius 1 is 1.47 bits per heavy atom. The van der Waals surface area contributed by atoms with Crippen molar-refractivity contribution in [1.29, 1.82) is 0 Å². The van der Waals surface area contributed by atoms with Crippen LogP contribution in [0.15, 0.2) is 12.4 Å². The van der Waals surface area contributed by atoms with Crippen LogP contribution in [0.25, 0.3) is 0 Å². The van der Waals surface area contributed by atoms with Crippen molar-refractivity contribution >= 4 is 5.95 Å². The Morgan fingerprint density at radius 2 is 2.27 bits per heavy atom. The highest BCUT2D eigenvalue weighted by molar-refractivity contribution is 5.29. The van der Waals surface area contributed by atoms with E-state index in [0.29, 0.717) is 0 Å². The summed E-state index contributed by atoms with van der Waals surface area (Å²) in [5.41, 5.74) is 5.49. The fourth-order valence-electron chi connectivity index (χ4n) is 1.57. The molecular weight excluding hydrogens is 188 g/mol. The highest BCUT2D eigenvalue weighted by Crippen LogP contribution is 2.11. The third-order valence-corrected chi connectivity index (χ3v) is 2.49. The molecule has 1 aromatic rings. The molecule has 0 saturated carbocycles. The van der Waals surface area contributed by atoms with Gasteiger partial charge in [0, 0.05) is 32.5 Å². The molecule has 1 rings (SSSR count). The Kier molecular flexibility index (Phi) is 5.18. The molecular formula is C11H22N4. The van der Waals surface area contributed by atoms with Crippen LogP contribution in [0.5, 0.6) is 0 Å². The quantitative estimate of drug-likeness (QED) is 0.741. The summed E-state index contributed by atoms with van der Waals surface area (Å²) < 4.78 is 2.21. The normalized spacial score (nSPS) is 10.6. The van der Waals surface area contributed by atoms with E-state index >= 15 is 0 Å². The van der Waals surface area contributed by atoms with Gasteiger partial charge in [-0.1, -0.05) is 13.3 Å². The summed E-state index contributed by atoms with van der Waals surface area (Å²) in [4.78, 5) is 6.54. The molecule has 0 aliphatic carbocycles. The molecule has 0 fully saturated rings. The van der Waals surface area contributed by atoms with Crippen LogP contribution in [0.1, 0.15) is 26.2 Å². The van der Waals surface area contributed by atoms with E-state index < -0.39 is 0 Å². The molecule has 1 aromatic heterocycles. The van der Waals surface area contributed by atoms with E-state index in [9.17, 15) is 0 Å². The van der Waals surface area contributed by atoms with E-state index in [4.69, 9.17) is 5.73 Å². The van der Waals surface area contributed by atoms with Crippen LogP contribution in [-0.4, -0.2) is 29.7 Å². The molecule has 0 aliphatic rings. The van der Waals surface area contributed by atoms with Crippen molar-refractivity contribution < 1.29 is 0 Å². The second kappa shape index (κ2) is 6.45. The van der Waals surface area contributed by atoms with Crippen LogP contribution in [0, 0.1) is 0 Å². The molecule has 0 atom stereocenters. The molecule has 1 heterocycles. The van der Waals surface area contributed by atoms with Gasteiger partial charge in [-0.05, 0) is 19.4 Å². The van der Waals surface area contributed by atoms with Crippen LogP contribution >= 0.6 is 0 Å². The number of hydrogen-bond donors (Lipinski definition) is 1. The van der Waals surface area contributed by atoms with Crippen LogP contribution in [0.2, 0.25) is 0 Å². The van der Waals surface area contributed by atoms with Crippen molar-refractivity contribution in [2.75, 3.05) is 25.0 Å². The van der Waals surface area contributed by atoms with Crippen LogP contribution < -0.4 is 10.6 Å². The minimum Gasteiger partial charge on any atom is -0.345 e. The number of anilines is 1. The van der Waals surface area contributed by atoms with Crippen molar-refractivity contribution in [3.63, 3.8) is 0 Å². The lowest BCUT2D eigenvalue weighted by atomic mass is 10.3. The van der Waals surface area contributed by atoms with Gasteiger partial charge in [0.05, 0.1) is 0 Å². The minimum atomic E-state index is 0.736. The van der Waals surface area contributed by atoms with Crippen LogP contribution in [0.4, 0.5) is 5.95 Å². The molecule has 86 valence electrons. The van der Waals surface area contributed by atoms with Gasteiger partial charge in [-0.3, -0.25) is 0 Å². The zero-order valence-electron chi connectivity index (χ0n) is 9.82. The topological polar surface area (TPSA) is 47.1 Å². The van der Waals surface area contributed by atoms with E-state index in [1.165, 1.54) is 12.8 Å². The summed E-state index contributed by atoms with van der Waals surface area (Å²) in [6, 6.07) is 0. The van der Waals surface area contributed by atoms with Gasteiger partial charge in [-0.2, -0.15) is 0 Å². The van der Waals surface area contributed by atoms with Crippen molar-refractivity contribution in [1.82, 2.24) is 9.55 Å². The number of imidazole rings is 1. The Labute approximate surface area is 92.1 Å². The number of unbranched alkanes of at least 4 members (excludes halogenated alkanes) is 1. The van der Waals surface area contributed by atoms with Crippen molar-refractivity contribution in [2.24, 2.45) is 5.73 Å². The van der Waals surface area contributed by atoms with E-state index in [0.717, 1.165) is 32.0 Å². The lowest BCUT2D eigenvalue weighted by Gasteiger charge is -2.19. The molecule has 0 radical (unpaired) electrons. The Hall–Kier alpha value is -1.03. The predicted octanol–water partition coefficient (Wildman–Crippen LogP) is 1.47. The van der Waals surface area contributed by atoms with Crippen LogP contribution in [0.3, 0.4) is 0 Å². The standard InChI is InChI=1S/C11H22N4/c1-3-4-9-15-10-7-13-11(15)14(2)8-5-6-12/h7,10H,3-6,8-9,12H2,1-2H3. The van der Waals surface area contributed by atoms with Gasteiger partial charge in [0.25, 0.3) is 0 Å². The van der Waals surface area contributed by atoms with Gasteiger partial charge in [-0.25, -0.2) is 4.98 Å². The van der Waals surface area contributed by atoms with E-state index in [1.54, 1.807) is 0 Å². The highest BCUT2D eigenvalue weighted by Gasteiger charge is 2.06. The third kappa shape index (κ3) is 3.55. The maximum atomic E-state index is 5.49. The van der Waals surface area contributed by atoms with Crippen molar-refractivity contribution in [2.45, 2.75) is 32.7 Å². The number of aryl methyl sites for hydroxylation is 1. The SMILES string of the molecule is CCCCn1ccnc1N(C)CCCN.